The zero-order valence-electron chi connectivity index (χ0n) is 9.85. The quantitative estimate of drug-likeness (QED) is 0.780. The fourth-order valence-electron chi connectivity index (χ4n) is 2.05. The van der Waals surface area contributed by atoms with E-state index in [9.17, 15) is 0 Å². The predicted octanol–water partition coefficient (Wildman–Crippen LogP) is 3.80. The number of anilines is 1. The molecule has 0 saturated heterocycles. The van der Waals surface area contributed by atoms with E-state index in [0.29, 0.717) is 5.95 Å². The van der Waals surface area contributed by atoms with Gasteiger partial charge in [0.2, 0.25) is 5.95 Å². The van der Waals surface area contributed by atoms with E-state index in [-0.39, 0.29) is 0 Å². The normalized spacial score (nSPS) is 11.2. The molecule has 2 N–H and O–H groups in total. The van der Waals surface area contributed by atoms with Crippen molar-refractivity contribution in [2.24, 2.45) is 0 Å². The fraction of sp³-hybridized carbons (Fsp3) is 0.154. The zero-order valence-corrected chi connectivity index (χ0v) is 12.3. The van der Waals surface area contributed by atoms with Gasteiger partial charge in [0, 0.05) is 9.35 Å². The third-order valence-electron chi connectivity index (χ3n) is 3.00. The lowest BCUT2D eigenvalue weighted by Gasteiger charge is -2.05. The number of thiophene rings is 1. The average Bonchev–Trinajstić information content (AvgIpc) is 2.87. The van der Waals surface area contributed by atoms with Crippen LogP contribution in [0.1, 0.15) is 10.4 Å². The van der Waals surface area contributed by atoms with Crippen molar-refractivity contribution in [3.63, 3.8) is 0 Å². The molecule has 0 aliphatic rings. The largest absolute Gasteiger partial charge is 0.369 e. The standard InChI is InChI=1S/C13H12BrN3S/c1-8-3-2-4-10-12(8)16-13(15)17(10)7-11-9(14)5-6-18-11/h2-6H,7H2,1H3,(H2,15,16). The van der Waals surface area contributed by atoms with E-state index in [1.165, 1.54) is 4.88 Å². The molecular weight excluding hydrogens is 310 g/mol. The molecular formula is C13H12BrN3S. The number of nitrogens with zero attached hydrogens (tertiary/aromatic N) is 2. The summed E-state index contributed by atoms with van der Waals surface area (Å²) in [6, 6.07) is 8.21. The van der Waals surface area contributed by atoms with Crippen molar-refractivity contribution >= 4 is 44.2 Å². The smallest absolute Gasteiger partial charge is 0.201 e. The number of nitrogen functional groups attached to an aromatic ring is 1. The Labute approximate surface area is 117 Å². The topological polar surface area (TPSA) is 43.8 Å². The van der Waals surface area contributed by atoms with Gasteiger partial charge in [0.05, 0.1) is 17.6 Å². The Kier molecular flexibility index (Phi) is 2.87. The van der Waals surface area contributed by atoms with E-state index in [4.69, 9.17) is 5.73 Å². The number of nitrogens with two attached hydrogens (primary N) is 1. The van der Waals surface area contributed by atoms with Crippen LogP contribution in [0.15, 0.2) is 34.1 Å². The SMILES string of the molecule is Cc1cccc2c1nc(N)n2Cc1sccc1Br. The number of fused-ring (bicyclic) bond motifs is 1. The molecule has 0 atom stereocenters. The van der Waals surface area contributed by atoms with Crippen molar-refractivity contribution in [3.8, 4) is 0 Å². The van der Waals surface area contributed by atoms with E-state index in [1.54, 1.807) is 11.3 Å². The van der Waals surface area contributed by atoms with Gasteiger partial charge >= 0.3 is 0 Å². The molecule has 5 heteroatoms. The first-order valence-corrected chi connectivity index (χ1v) is 7.27. The minimum absolute atomic E-state index is 0.569. The minimum Gasteiger partial charge on any atom is -0.369 e. The van der Waals surface area contributed by atoms with E-state index in [0.717, 1.165) is 27.6 Å². The van der Waals surface area contributed by atoms with Crippen molar-refractivity contribution < 1.29 is 0 Å². The second kappa shape index (κ2) is 4.40. The summed E-state index contributed by atoms with van der Waals surface area (Å²) >= 11 is 5.27. The van der Waals surface area contributed by atoms with Gasteiger partial charge in [-0.2, -0.15) is 0 Å². The summed E-state index contributed by atoms with van der Waals surface area (Å²) in [6.45, 7) is 2.81. The van der Waals surface area contributed by atoms with Crippen LogP contribution in [-0.2, 0) is 6.54 Å². The monoisotopic (exact) mass is 321 g/mol. The lowest BCUT2D eigenvalue weighted by atomic mass is 10.2. The molecule has 3 aromatic rings. The van der Waals surface area contributed by atoms with Gasteiger partial charge in [0.15, 0.2) is 0 Å². The Bertz CT molecular complexity index is 714. The number of rotatable bonds is 2. The van der Waals surface area contributed by atoms with Gasteiger partial charge in [0.25, 0.3) is 0 Å². The molecule has 0 aliphatic carbocycles. The van der Waals surface area contributed by atoms with Crippen LogP contribution in [0.5, 0.6) is 0 Å². The molecule has 18 heavy (non-hydrogen) atoms. The highest BCUT2D eigenvalue weighted by Crippen LogP contribution is 2.27. The maximum atomic E-state index is 6.03. The molecule has 2 aromatic heterocycles. The van der Waals surface area contributed by atoms with Crippen LogP contribution in [0.25, 0.3) is 11.0 Å². The van der Waals surface area contributed by atoms with Gasteiger partial charge in [-0.15, -0.1) is 11.3 Å². The van der Waals surface area contributed by atoms with Crippen molar-refractivity contribution in [1.82, 2.24) is 9.55 Å². The Morgan fingerprint density at radius 3 is 2.94 bits per heavy atom. The van der Waals surface area contributed by atoms with Gasteiger partial charge in [-0.05, 0) is 45.9 Å². The highest BCUT2D eigenvalue weighted by molar-refractivity contribution is 9.10. The average molecular weight is 322 g/mol. The Balaban J connectivity index is 2.15. The molecule has 3 rings (SSSR count). The molecule has 0 aliphatic heterocycles. The highest BCUT2D eigenvalue weighted by Gasteiger charge is 2.11. The summed E-state index contributed by atoms with van der Waals surface area (Å²) in [5, 5.41) is 2.07. The number of imidazole rings is 1. The third-order valence-corrected chi connectivity index (χ3v) is 4.91. The van der Waals surface area contributed by atoms with Crippen molar-refractivity contribution in [1.29, 1.82) is 0 Å². The first kappa shape index (κ1) is 11.7. The van der Waals surface area contributed by atoms with Crippen LogP contribution in [0.4, 0.5) is 5.95 Å². The summed E-state index contributed by atoms with van der Waals surface area (Å²) in [5.74, 6) is 0.569. The maximum Gasteiger partial charge on any atom is 0.201 e. The van der Waals surface area contributed by atoms with Gasteiger partial charge in [-0.3, -0.25) is 0 Å². The molecule has 92 valence electrons. The Hall–Kier alpha value is -1.33. The molecule has 0 spiro atoms. The summed E-state index contributed by atoms with van der Waals surface area (Å²) < 4.78 is 3.18. The lowest BCUT2D eigenvalue weighted by Crippen LogP contribution is -2.03. The van der Waals surface area contributed by atoms with Gasteiger partial charge < -0.3 is 10.3 Å². The molecule has 0 bridgehead atoms. The number of hydrogen-bond acceptors (Lipinski definition) is 3. The van der Waals surface area contributed by atoms with E-state index >= 15 is 0 Å². The predicted molar refractivity (Wildman–Crippen MR) is 80.0 cm³/mol. The third kappa shape index (κ3) is 1.83. The molecule has 0 fully saturated rings. The van der Waals surface area contributed by atoms with Crippen LogP contribution in [-0.4, -0.2) is 9.55 Å². The molecule has 0 amide bonds. The molecule has 1 aromatic carbocycles. The van der Waals surface area contributed by atoms with Gasteiger partial charge in [-0.25, -0.2) is 4.98 Å². The van der Waals surface area contributed by atoms with Crippen molar-refractivity contribution in [3.05, 3.63) is 44.6 Å². The number of para-hydroxylation sites is 1. The summed E-state index contributed by atoms with van der Waals surface area (Å²) in [4.78, 5) is 5.71. The number of hydrogen-bond donors (Lipinski definition) is 1. The van der Waals surface area contributed by atoms with Crippen molar-refractivity contribution in [2.45, 2.75) is 13.5 Å². The Morgan fingerprint density at radius 2 is 2.22 bits per heavy atom. The molecule has 3 nitrogen and oxygen atoms in total. The van der Waals surface area contributed by atoms with E-state index < -0.39 is 0 Å². The maximum absolute atomic E-state index is 6.03. The Morgan fingerprint density at radius 1 is 1.39 bits per heavy atom. The summed E-state index contributed by atoms with van der Waals surface area (Å²) in [7, 11) is 0. The van der Waals surface area contributed by atoms with Crippen LogP contribution < -0.4 is 5.73 Å². The van der Waals surface area contributed by atoms with E-state index in [1.807, 2.05) is 6.07 Å². The summed E-state index contributed by atoms with van der Waals surface area (Å²) in [5.41, 5.74) is 9.26. The molecule has 0 radical (unpaired) electrons. The van der Waals surface area contributed by atoms with Crippen LogP contribution in [0.2, 0.25) is 0 Å². The zero-order chi connectivity index (χ0) is 12.7. The first-order chi connectivity index (χ1) is 8.66. The molecule has 2 heterocycles. The van der Waals surface area contributed by atoms with Crippen molar-refractivity contribution in [2.75, 3.05) is 5.73 Å². The first-order valence-electron chi connectivity index (χ1n) is 5.60. The minimum atomic E-state index is 0.569. The molecule has 0 saturated carbocycles. The van der Waals surface area contributed by atoms with Crippen LogP contribution in [0, 0.1) is 6.92 Å². The second-order valence-electron chi connectivity index (χ2n) is 4.19. The van der Waals surface area contributed by atoms with Crippen LogP contribution >= 0.6 is 27.3 Å². The van der Waals surface area contributed by atoms with Crippen LogP contribution in [0.3, 0.4) is 0 Å². The highest BCUT2D eigenvalue weighted by atomic mass is 79.9. The summed E-state index contributed by atoms with van der Waals surface area (Å²) in [6.07, 6.45) is 0. The second-order valence-corrected chi connectivity index (χ2v) is 6.05. The molecule has 0 unspecified atom stereocenters. The van der Waals surface area contributed by atoms with E-state index in [2.05, 4.69) is 56.0 Å². The fourth-order valence-corrected chi connectivity index (χ4v) is 3.52. The number of benzene rings is 1. The number of aryl methyl sites for hydroxylation is 1. The number of aromatic nitrogens is 2. The lowest BCUT2D eigenvalue weighted by molar-refractivity contribution is 0.850. The number of halogens is 1. The van der Waals surface area contributed by atoms with Gasteiger partial charge in [0.1, 0.15) is 0 Å². The van der Waals surface area contributed by atoms with Gasteiger partial charge in [-0.1, -0.05) is 12.1 Å².